The summed E-state index contributed by atoms with van der Waals surface area (Å²) in [5, 5.41) is 3.61. The highest BCUT2D eigenvalue weighted by Crippen LogP contribution is 2.31. The van der Waals surface area contributed by atoms with Crippen molar-refractivity contribution in [3.63, 3.8) is 0 Å². The van der Waals surface area contributed by atoms with E-state index in [1.54, 1.807) is 0 Å². The van der Waals surface area contributed by atoms with Crippen molar-refractivity contribution in [1.29, 1.82) is 0 Å². The zero-order valence-electron chi connectivity index (χ0n) is 11.0. The van der Waals surface area contributed by atoms with Gasteiger partial charge in [0.05, 0.1) is 0 Å². The lowest BCUT2D eigenvalue weighted by atomic mass is 10.0. The smallest absolute Gasteiger partial charge is 0.0195 e. The minimum atomic E-state index is 0.762. The van der Waals surface area contributed by atoms with Crippen LogP contribution in [0.15, 0.2) is 0 Å². The van der Waals surface area contributed by atoms with Crippen LogP contribution in [0.4, 0.5) is 0 Å². The van der Waals surface area contributed by atoms with Gasteiger partial charge in [-0.1, -0.05) is 20.3 Å². The van der Waals surface area contributed by atoms with Crippen LogP contribution in [-0.2, 0) is 0 Å². The van der Waals surface area contributed by atoms with Crippen molar-refractivity contribution < 1.29 is 0 Å². The lowest BCUT2D eigenvalue weighted by Gasteiger charge is -2.34. The Morgan fingerprint density at radius 3 is 2.81 bits per heavy atom. The molecule has 0 amide bonds. The molecule has 0 aromatic heterocycles. The van der Waals surface area contributed by atoms with Gasteiger partial charge in [-0.3, -0.25) is 0 Å². The lowest BCUT2D eigenvalue weighted by Crippen LogP contribution is -2.46. The predicted molar refractivity (Wildman–Crippen MR) is 69.6 cm³/mol. The molecule has 0 radical (unpaired) electrons. The van der Waals surface area contributed by atoms with Crippen LogP contribution in [0.3, 0.4) is 0 Å². The summed E-state index contributed by atoms with van der Waals surface area (Å²) in [5.74, 6) is 1.98. The summed E-state index contributed by atoms with van der Waals surface area (Å²) in [7, 11) is 0. The Balaban J connectivity index is 1.72. The van der Waals surface area contributed by atoms with Crippen molar-refractivity contribution in [2.45, 2.75) is 52.0 Å². The van der Waals surface area contributed by atoms with Gasteiger partial charge >= 0.3 is 0 Å². The maximum Gasteiger partial charge on any atom is 0.0195 e. The fourth-order valence-electron chi connectivity index (χ4n) is 3.53. The van der Waals surface area contributed by atoms with Gasteiger partial charge in [-0.2, -0.15) is 0 Å². The second-order valence-electron chi connectivity index (χ2n) is 5.94. The minimum Gasteiger partial charge on any atom is -0.313 e. The van der Waals surface area contributed by atoms with Crippen LogP contribution in [0.1, 0.15) is 46.0 Å². The molecule has 3 atom stereocenters. The molecule has 0 bridgehead atoms. The van der Waals surface area contributed by atoms with Crippen LogP contribution in [-0.4, -0.2) is 37.1 Å². The number of likely N-dealkylation sites (tertiary alicyclic amines) is 1. The molecule has 2 rings (SSSR count). The Bertz CT molecular complexity index is 203. The van der Waals surface area contributed by atoms with E-state index in [9.17, 15) is 0 Å². The molecule has 0 spiro atoms. The van der Waals surface area contributed by atoms with Crippen LogP contribution in [0, 0.1) is 11.8 Å². The monoisotopic (exact) mass is 224 g/mol. The molecule has 2 heteroatoms. The highest BCUT2D eigenvalue weighted by atomic mass is 15.2. The Hall–Kier alpha value is -0.0800. The van der Waals surface area contributed by atoms with Gasteiger partial charge in [-0.25, -0.2) is 0 Å². The standard InChI is InChI=1S/C14H28N2/c1-3-15-14-5-4-8-16(11-14)10-13-7-6-12(2)9-13/h12-15H,3-11H2,1-2H3. The topological polar surface area (TPSA) is 15.3 Å². The van der Waals surface area contributed by atoms with Crippen molar-refractivity contribution >= 4 is 0 Å². The molecule has 0 aromatic rings. The van der Waals surface area contributed by atoms with Crippen molar-refractivity contribution in [1.82, 2.24) is 10.2 Å². The average Bonchev–Trinajstić information content (AvgIpc) is 2.65. The predicted octanol–water partition coefficient (Wildman–Crippen LogP) is 2.50. The fourth-order valence-corrected chi connectivity index (χ4v) is 3.53. The van der Waals surface area contributed by atoms with E-state index in [1.165, 1.54) is 51.7 Å². The molecule has 1 saturated heterocycles. The molecule has 2 fully saturated rings. The van der Waals surface area contributed by atoms with Gasteiger partial charge in [0, 0.05) is 19.1 Å². The molecule has 1 saturated carbocycles. The first-order valence-electron chi connectivity index (χ1n) is 7.23. The highest BCUT2D eigenvalue weighted by Gasteiger charge is 2.26. The molecule has 1 aliphatic carbocycles. The van der Waals surface area contributed by atoms with Crippen molar-refractivity contribution in [3.05, 3.63) is 0 Å². The first-order chi connectivity index (χ1) is 7.78. The Kier molecular flexibility index (Phi) is 4.66. The number of nitrogens with zero attached hydrogens (tertiary/aromatic N) is 1. The van der Waals surface area contributed by atoms with E-state index in [4.69, 9.17) is 0 Å². The zero-order chi connectivity index (χ0) is 11.4. The number of nitrogens with one attached hydrogen (secondary N) is 1. The van der Waals surface area contributed by atoms with Crippen LogP contribution in [0.25, 0.3) is 0 Å². The summed E-state index contributed by atoms with van der Waals surface area (Å²) in [6.45, 7) is 9.76. The molecular formula is C14H28N2. The van der Waals surface area contributed by atoms with E-state index in [0.717, 1.165) is 24.4 Å². The molecule has 1 N–H and O–H groups in total. The minimum absolute atomic E-state index is 0.762. The molecule has 3 unspecified atom stereocenters. The average molecular weight is 224 g/mol. The van der Waals surface area contributed by atoms with E-state index in [0.29, 0.717) is 0 Å². The Morgan fingerprint density at radius 2 is 2.12 bits per heavy atom. The summed E-state index contributed by atoms with van der Waals surface area (Å²) in [6.07, 6.45) is 7.19. The maximum absolute atomic E-state index is 3.61. The van der Waals surface area contributed by atoms with E-state index < -0.39 is 0 Å². The molecule has 94 valence electrons. The van der Waals surface area contributed by atoms with E-state index >= 15 is 0 Å². The lowest BCUT2D eigenvalue weighted by molar-refractivity contribution is 0.166. The van der Waals surface area contributed by atoms with Crippen molar-refractivity contribution in [2.75, 3.05) is 26.2 Å². The van der Waals surface area contributed by atoms with Crippen LogP contribution < -0.4 is 5.32 Å². The number of rotatable bonds is 4. The normalized spacial score (nSPS) is 36.8. The molecule has 2 aliphatic rings. The quantitative estimate of drug-likeness (QED) is 0.789. The zero-order valence-corrected chi connectivity index (χ0v) is 11.0. The third-order valence-corrected chi connectivity index (χ3v) is 4.32. The van der Waals surface area contributed by atoms with Gasteiger partial charge in [0.2, 0.25) is 0 Å². The molecule has 2 nitrogen and oxygen atoms in total. The molecule has 16 heavy (non-hydrogen) atoms. The van der Waals surface area contributed by atoms with Gasteiger partial charge in [-0.05, 0) is 50.6 Å². The summed E-state index contributed by atoms with van der Waals surface area (Å²) >= 11 is 0. The SMILES string of the molecule is CCNC1CCCN(CC2CCC(C)C2)C1. The third kappa shape index (κ3) is 3.46. The number of hydrogen-bond acceptors (Lipinski definition) is 2. The first-order valence-corrected chi connectivity index (χ1v) is 7.23. The molecule has 1 heterocycles. The number of hydrogen-bond donors (Lipinski definition) is 1. The van der Waals surface area contributed by atoms with E-state index in [2.05, 4.69) is 24.1 Å². The van der Waals surface area contributed by atoms with E-state index in [1.807, 2.05) is 0 Å². The van der Waals surface area contributed by atoms with Gasteiger partial charge < -0.3 is 10.2 Å². The van der Waals surface area contributed by atoms with Gasteiger partial charge in [0.15, 0.2) is 0 Å². The van der Waals surface area contributed by atoms with Gasteiger partial charge in [0.25, 0.3) is 0 Å². The van der Waals surface area contributed by atoms with Crippen molar-refractivity contribution in [3.8, 4) is 0 Å². The van der Waals surface area contributed by atoms with Crippen molar-refractivity contribution in [2.24, 2.45) is 11.8 Å². The van der Waals surface area contributed by atoms with Crippen LogP contribution >= 0.6 is 0 Å². The molecule has 0 aromatic carbocycles. The number of likely N-dealkylation sites (N-methyl/N-ethyl adjacent to an activating group) is 1. The van der Waals surface area contributed by atoms with E-state index in [-0.39, 0.29) is 0 Å². The Morgan fingerprint density at radius 1 is 1.25 bits per heavy atom. The maximum atomic E-state index is 3.61. The Labute approximate surface area is 101 Å². The molecule has 1 aliphatic heterocycles. The first kappa shape index (κ1) is 12.4. The molecular weight excluding hydrogens is 196 g/mol. The summed E-state index contributed by atoms with van der Waals surface area (Å²) < 4.78 is 0. The van der Waals surface area contributed by atoms with Gasteiger partial charge in [-0.15, -0.1) is 0 Å². The number of piperidine rings is 1. The summed E-state index contributed by atoms with van der Waals surface area (Å²) in [5.41, 5.74) is 0. The largest absolute Gasteiger partial charge is 0.313 e. The summed E-state index contributed by atoms with van der Waals surface area (Å²) in [4.78, 5) is 2.71. The van der Waals surface area contributed by atoms with Gasteiger partial charge in [0.1, 0.15) is 0 Å². The third-order valence-electron chi connectivity index (χ3n) is 4.32. The fraction of sp³-hybridized carbons (Fsp3) is 1.00. The second-order valence-corrected chi connectivity index (χ2v) is 5.94. The van der Waals surface area contributed by atoms with Crippen LogP contribution in [0.5, 0.6) is 0 Å². The highest BCUT2D eigenvalue weighted by molar-refractivity contribution is 4.81. The van der Waals surface area contributed by atoms with Crippen LogP contribution in [0.2, 0.25) is 0 Å². The summed E-state index contributed by atoms with van der Waals surface area (Å²) in [6, 6.07) is 0.762. The second kappa shape index (κ2) is 6.02.